The van der Waals surface area contributed by atoms with Crippen LogP contribution in [-0.4, -0.2) is 11.3 Å². The lowest BCUT2D eigenvalue weighted by molar-refractivity contribution is 0.0850. The number of benzene rings is 1. The standard InChI is InChI=1S/C14H18O3/c15-14(16)17-10-12-8-4-5-9-13(12)11-6-2-1-3-7-11/h4-5,8-9,11H,1-3,6-7,10H2,(H,15,16). The first-order valence-corrected chi connectivity index (χ1v) is 6.21. The topological polar surface area (TPSA) is 46.5 Å². The minimum atomic E-state index is -1.21. The SMILES string of the molecule is O=C(O)OCc1ccccc1C1CCCCC1. The third kappa shape index (κ3) is 3.22. The maximum atomic E-state index is 10.4. The van der Waals surface area contributed by atoms with Gasteiger partial charge >= 0.3 is 6.16 Å². The molecule has 0 heterocycles. The molecule has 1 aliphatic rings. The molecular formula is C14H18O3. The van der Waals surface area contributed by atoms with Crippen molar-refractivity contribution in [1.82, 2.24) is 0 Å². The lowest BCUT2D eigenvalue weighted by Crippen LogP contribution is -2.09. The molecule has 0 aliphatic heterocycles. The third-order valence-electron chi connectivity index (χ3n) is 3.45. The Morgan fingerprint density at radius 1 is 1.24 bits per heavy atom. The van der Waals surface area contributed by atoms with Crippen molar-refractivity contribution in [3.63, 3.8) is 0 Å². The average molecular weight is 234 g/mol. The summed E-state index contributed by atoms with van der Waals surface area (Å²) in [6, 6.07) is 8.03. The van der Waals surface area contributed by atoms with E-state index in [1.54, 1.807) is 0 Å². The Kier molecular flexibility index (Phi) is 4.02. The molecule has 92 valence electrons. The third-order valence-corrected chi connectivity index (χ3v) is 3.45. The molecule has 0 saturated heterocycles. The second kappa shape index (κ2) is 5.71. The largest absolute Gasteiger partial charge is 0.506 e. The highest BCUT2D eigenvalue weighted by atomic mass is 16.7. The Balaban J connectivity index is 2.11. The number of carbonyl (C=O) groups is 1. The fourth-order valence-corrected chi connectivity index (χ4v) is 2.62. The average Bonchev–Trinajstić information content (AvgIpc) is 2.38. The van der Waals surface area contributed by atoms with Crippen molar-refractivity contribution in [1.29, 1.82) is 0 Å². The molecule has 0 bridgehead atoms. The first kappa shape index (κ1) is 12.0. The van der Waals surface area contributed by atoms with Crippen LogP contribution in [0.1, 0.15) is 49.1 Å². The van der Waals surface area contributed by atoms with E-state index in [-0.39, 0.29) is 6.61 Å². The zero-order valence-electron chi connectivity index (χ0n) is 9.89. The summed E-state index contributed by atoms with van der Waals surface area (Å²) in [5.74, 6) is 0.581. The Bertz CT molecular complexity index is 381. The molecule has 0 radical (unpaired) electrons. The van der Waals surface area contributed by atoms with Crippen LogP contribution >= 0.6 is 0 Å². The molecule has 1 N–H and O–H groups in total. The molecule has 1 aliphatic carbocycles. The highest BCUT2D eigenvalue weighted by molar-refractivity contribution is 5.56. The monoisotopic (exact) mass is 234 g/mol. The smallest absolute Gasteiger partial charge is 0.450 e. The Morgan fingerprint density at radius 2 is 1.94 bits per heavy atom. The predicted octanol–water partition coefficient (Wildman–Crippen LogP) is 3.93. The number of rotatable bonds is 3. The summed E-state index contributed by atoms with van der Waals surface area (Å²) in [6.07, 6.45) is 5.10. The molecule has 0 amide bonds. The van der Waals surface area contributed by atoms with Crippen molar-refractivity contribution in [3.8, 4) is 0 Å². The van der Waals surface area contributed by atoms with E-state index < -0.39 is 6.16 Å². The quantitative estimate of drug-likeness (QED) is 0.806. The van der Waals surface area contributed by atoms with Crippen molar-refractivity contribution in [2.24, 2.45) is 0 Å². The van der Waals surface area contributed by atoms with Gasteiger partial charge in [-0.2, -0.15) is 0 Å². The van der Waals surface area contributed by atoms with E-state index in [1.807, 2.05) is 18.2 Å². The Morgan fingerprint density at radius 3 is 2.65 bits per heavy atom. The van der Waals surface area contributed by atoms with E-state index in [9.17, 15) is 4.79 Å². The predicted molar refractivity (Wildman–Crippen MR) is 65.1 cm³/mol. The summed E-state index contributed by atoms with van der Waals surface area (Å²) in [5.41, 5.74) is 2.29. The summed E-state index contributed by atoms with van der Waals surface area (Å²) >= 11 is 0. The van der Waals surface area contributed by atoms with Crippen LogP contribution in [0.2, 0.25) is 0 Å². The first-order valence-electron chi connectivity index (χ1n) is 6.21. The molecule has 1 fully saturated rings. The first-order chi connectivity index (χ1) is 8.27. The van der Waals surface area contributed by atoms with Crippen LogP contribution in [0.5, 0.6) is 0 Å². The summed E-state index contributed by atoms with van der Waals surface area (Å²) in [7, 11) is 0. The van der Waals surface area contributed by atoms with Gasteiger partial charge in [0.2, 0.25) is 0 Å². The van der Waals surface area contributed by atoms with Gasteiger partial charge in [-0.3, -0.25) is 0 Å². The maximum Gasteiger partial charge on any atom is 0.506 e. The van der Waals surface area contributed by atoms with Gasteiger partial charge in [-0.25, -0.2) is 4.79 Å². The number of hydrogen-bond donors (Lipinski definition) is 1. The number of hydrogen-bond acceptors (Lipinski definition) is 2. The fraction of sp³-hybridized carbons (Fsp3) is 0.500. The molecule has 1 saturated carbocycles. The van der Waals surface area contributed by atoms with Crippen LogP contribution in [0.3, 0.4) is 0 Å². The normalized spacial score (nSPS) is 16.7. The van der Waals surface area contributed by atoms with Crippen molar-refractivity contribution >= 4 is 6.16 Å². The molecule has 17 heavy (non-hydrogen) atoms. The van der Waals surface area contributed by atoms with Crippen molar-refractivity contribution in [2.45, 2.75) is 44.6 Å². The molecule has 0 unspecified atom stereocenters. The highest BCUT2D eigenvalue weighted by Crippen LogP contribution is 2.34. The molecular weight excluding hydrogens is 216 g/mol. The number of carboxylic acid groups (broad SMARTS) is 1. The molecule has 0 atom stereocenters. The second-order valence-electron chi connectivity index (χ2n) is 4.59. The summed E-state index contributed by atoms with van der Waals surface area (Å²) in [5, 5.41) is 8.55. The van der Waals surface area contributed by atoms with Gasteiger partial charge in [-0.1, -0.05) is 43.5 Å². The van der Waals surface area contributed by atoms with E-state index in [1.165, 1.54) is 37.7 Å². The van der Waals surface area contributed by atoms with Gasteiger partial charge < -0.3 is 9.84 Å². The minimum absolute atomic E-state index is 0.169. The van der Waals surface area contributed by atoms with E-state index in [0.717, 1.165) is 5.56 Å². The molecule has 0 spiro atoms. The van der Waals surface area contributed by atoms with E-state index in [0.29, 0.717) is 5.92 Å². The van der Waals surface area contributed by atoms with Crippen molar-refractivity contribution in [3.05, 3.63) is 35.4 Å². The van der Waals surface area contributed by atoms with E-state index in [2.05, 4.69) is 10.8 Å². The number of ether oxygens (including phenoxy) is 1. The highest BCUT2D eigenvalue weighted by Gasteiger charge is 2.18. The summed E-state index contributed by atoms with van der Waals surface area (Å²) in [4.78, 5) is 10.4. The molecule has 0 aromatic heterocycles. The molecule has 3 nitrogen and oxygen atoms in total. The van der Waals surface area contributed by atoms with Gasteiger partial charge in [0.05, 0.1) is 0 Å². The molecule has 3 heteroatoms. The van der Waals surface area contributed by atoms with Crippen LogP contribution < -0.4 is 0 Å². The Labute approximate surface area is 101 Å². The molecule has 1 aromatic rings. The van der Waals surface area contributed by atoms with Gasteiger partial charge in [0, 0.05) is 0 Å². The molecule has 2 rings (SSSR count). The van der Waals surface area contributed by atoms with Crippen LogP contribution in [0.4, 0.5) is 4.79 Å². The zero-order valence-corrected chi connectivity index (χ0v) is 9.89. The van der Waals surface area contributed by atoms with Gasteiger partial charge in [0.1, 0.15) is 6.61 Å². The second-order valence-corrected chi connectivity index (χ2v) is 4.59. The van der Waals surface area contributed by atoms with Crippen molar-refractivity contribution in [2.75, 3.05) is 0 Å². The lowest BCUT2D eigenvalue weighted by Gasteiger charge is -2.24. The van der Waals surface area contributed by atoms with Gasteiger partial charge in [-0.15, -0.1) is 0 Å². The summed E-state index contributed by atoms with van der Waals surface area (Å²) in [6.45, 7) is 0.169. The summed E-state index contributed by atoms with van der Waals surface area (Å²) < 4.78 is 4.68. The fourth-order valence-electron chi connectivity index (χ4n) is 2.62. The lowest BCUT2D eigenvalue weighted by atomic mass is 9.82. The maximum absolute atomic E-state index is 10.4. The van der Waals surface area contributed by atoms with Crippen LogP contribution in [0.15, 0.2) is 24.3 Å². The van der Waals surface area contributed by atoms with Crippen molar-refractivity contribution < 1.29 is 14.6 Å². The van der Waals surface area contributed by atoms with E-state index >= 15 is 0 Å². The molecule has 1 aromatic carbocycles. The minimum Gasteiger partial charge on any atom is -0.450 e. The van der Waals surface area contributed by atoms with E-state index in [4.69, 9.17) is 5.11 Å². The van der Waals surface area contributed by atoms with Gasteiger partial charge in [0.15, 0.2) is 0 Å². The van der Waals surface area contributed by atoms with Gasteiger partial charge in [-0.05, 0) is 29.9 Å². The van der Waals surface area contributed by atoms with Crippen LogP contribution in [0, 0.1) is 0 Å². The Hall–Kier alpha value is -1.51. The van der Waals surface area contributed by atoms with Crippen LogP contribution in [-0.2, 0) is 11.3 Å². The van der Waals surface area contributed by atoms with Gasteiger partial charge in [0.25, 0.3) is 0 Å². The zero-order chi connectivity index (χ0) is 12.1. The van der Waals surface area contributed by atoms with Crippen LogP contribution in [0.25, 0.3) is 0 Å².